The zero-order valence-electron chi connectivity index (χ0n) is 12.4. The third-order valence-electron chi connectivity index (χ3n) is 4.34. The van der Waals surface area contributed by atoms with Crippen LogP contribution in [0.5, 0.6) is 0 Å². The molecule has 1 fully saturated rings. The molecule has 1 saturated carbocycles. The second kappa shape index (κ2) is 6.66. The molecule has 0 bridgehead atoms. The fourth-order valence-electron chi connectivity index (χ4n) is 3.15. The lowest BCUT2D eigenvalue weighted by molar-refractivity contribution is -0.0495. The third kappa shape index (κ3) is 3.78. The van der Waals surface area contributed by atoms with Crippen LogP contribution in [-0.4, -0.2) is 28.1 Å². The molecular weight excluding hydrogens is 260 g/mol. The van der Waals surface area contributed by atoms with Crippen LogP contribution in [0.15, 0.2) is 12.4 Å². The summed E-state index contributed by atoms with van der Waals surface area (Å²) in [4.78, 5) is 4.41. The van der Waals surface area contributed by atoms with Gasteiger partial charge in [0.15, 0.2) is 0 Å². The van der Waals surface area contributed by atoms with Gasteiger partial charge in [0.1, 0.15) is 5.82 Å². The lowest BCUT2D eigenvalue weighted by Crippen LogP contribution is -2.41. The minimum Gasteiger partial charge on any atom is -0.335 e. The Hall–Kier alpha value is -0.970. The Bertz CT molecular complexity index is 407. The summed E-state index contributed by atoms with van der Waals surface area (Å²) in [5, 5.41) is 3.47. The third-order valence-corrected chi connectivity index (χ3v) is 4.34. The van der Waals surface area contributed by atoms with E-state index in [2.05, 4.69) is 28.7 Å². The van der Waals surface area contributed by atoms with E-state index in [1.807, 2.05) is 12.4 Å². The van der Waals surface area contributed by atoms with Gasteiger partial charge in [-0.15, -0.1) is 0 Å². The van der Waals surface area contributed by atoms with Gasteiger partial charge in [-0.3, -0.25) is 0 Å². The molecule has 3 nitrogen and oxygen atoms in total. The van der Waals surface area contributed by atoms with Crippen LogP contribution in [-0.2, 0) is 13.0 Å². The molecule has 1 aromatic rings. The molecule has 1 heterocycles. The predicted molar refractivity (Wildman–Crippen MR) is 76.0 cm³/mol. The summed E-state index contributed by atoms with van der Waals surface area (Å²) in [5.41, 5.74) is 0. The van der Waals surface area contributed by atoms with Gasteiger partial charge in [-0.1, -0.05) is 6.92 Å². The number of alkyl halides is 2. The average molecular weight is 285 g/mol. The van der Waals surface area contributed by atoms with Gasteiger partial charge in [0.25, 0.3) is 0 Å². The molecule has 0 spiro atoms. The molecule has 114 valence electrons. The first-order valence-electron chi connectivity index (χ1n) is 7.67. The predicted octanol–water partition coefficient (Wildman–Crippen LogP) is 3.25. The second-order valence-corrected chi connectivity index (χ2v) is 5.69. The molecular formula is C15H25F2N3. The van der Waals surface area contributed by atoms with Gasteiger partial charge in [0.2, 0.25) is 5.92 Å². The topological polar surface area (TPSA) is 29.9 Å². The normalized spacial score (nSPS) is 21.0. The number of nitrogens with zero attached hydrogens (tertiary/aromatic N) is 2. The van der Waals surface area contributed by atoms with Crippen molar-refractivity contribution in [2.24, 2.45) is 5.92 Å². The quantitative estimate of drug-likeness (QED) is 0.869. The molecule has 0 aromatic carbocycles. The lowest BCUT2D eigenvalue weighted by atomic mass is 9.81. The first-order valence-corrected chi connectivity index (χ1v) is 7.67. The van der Waals surface area contributed by atoms with Crippen LogP contribution >= 0.6 is 0 Å². The summed E-state index contributed by atoms with van der Waals surface area (Å²) >= 11 is 0. The van der Waals surface area contributed by atoms with Crippen molar-refractivity contribution in [3.63, 3.8) is 0 Å². The molecule has 1 aromatic heterocycles. The van der Waals surface area contributed by atoms with Crippen LogP contribution < -0.4 is 5.32 Å². The molecule has 1 atom stereocenters. The largest absolute Gasteiger partial charge is 0.335 e. The highest BCUT2D eigenvalue weighted by Gasteiger charge is 2.37. The number of nitrogens with one attached hydrogen (secondary N) is 1. The Balaban J connectivity index is 2.00. The van der Waals surface area contributed by atoms with E-state index in [0.29, 0.717) is 18.8 Å². The van der Waals surface area contributed by atoms with Crippen molar-refractivity contribution < 1.29 is 8.78 Å². The first-order chi connectivity index (χ1) is 9.55. The van der Waals surface area contributed by atoms with Crippen LogP contribution in [0.4, 0.5) is 8.78 Å². The summed E-state index contributed by atoms with van der Waals surface area (Å²) in [5.74, 6) is -1.07. The molecule has 0 aliphatic heterocycles. The zero-order valence-corrected chi connectivity index (χ0v) is 12.4. The van der Waals surface area contributed by atoms with Crippen LogP contribution in [0, 0.1) is 5.92 Å². The number of hydrogen-bond acceptors (Lipinski definition) is 2. The summed E-state index contributed by atoms with van der Waals surface area (Å²) in [6, 6.07) is 0.254. The van der Waals surface area contributed by atoms with Gasteiger partial charge in [0.05, 0.1) is 0 Å². The Labute approximate surface area is 119 Å². The summed E-state index contributed by atoms with van der Waals surface area (Å²) < 4.78 is 28.7. The minimum atomic E-state index is -2.45. The Kier molecular flexibility index (Phi) is 5.13. The van der Waals surface area contributed by atoms with Crippen LogP contribution in [0.2, 0.25) is 0 Å². The van der Waals surface area contributed by atoms with Gasteiger partial charge < -0.3 is 9.88 Å². The number of hydrogen-bond donors (Lipinski definition) is 1. The number of rotatable bonds is 6. The monoisotopic (exact) mass is 285 g/mol. The number of imidazole rings is 1. The summed E-state index contributed by atoms with van der Waals surface area (Å²) in [7, 11) is 0. The SMILES string of the molecule is CCNC(Cc1nccn1CC)C1CCC(F)(F)CC1. The van der Waals surface area contributed by atoms with E-state index in [1.54, 1.807) is 0 Å². The molecule has 0 radical (unpaired) electrons. The van der Waals surface area contributed by atoms with Crippen molar-refractivity contribution in [1.82, 2.24) is 14.9 Å². The van der Waals surface area contributed by atoms with Crippen molar-refractivity contribution >= 4 is 0 Å². The fourth-order valence-corrected chi connectivity index (χ4v) is 3.15. The lowest BCUT2D eigenvalue weighted by Gasteiger charge is -2.34. The number of aromatic nitrogens is 2. The van der Waals surface area contributed by atoms with E-state index in [9.17, 15) is 8.78 Å². The molecule has 1 unspecified atom stereocenters. The van der Waals surface area contributed by atoms with Gasteiger partial charge in [0, 0.05) is 44.2 Å². The maximum absolute atomic E-state index is 13.3. The van der Waals surface area contributed by atoms with Crippen molar-refractivity contribution in [2.45, 2.75) is 64.5 Å². The average Bonchev–Trinajstić information content (AvgIpc) is 2.85. The highest BCUT2D eigenvalue weighted by Crippen LogP contribution is 2.37. The maximum atomic E-state index is 13.3. The maximum Gasteiger partial charge on any atom is 0.248 e. The van der Waals surface area contributed by atoms with E-state index in [-0.39, 0.29) is 18.9 Å². The van der Waals surface area contributed by atoms with Gasteiger partial charge in [-0.2, -0.15) is 0 Å². The summed E-state index contributed by atoms with van der Waals surface area (Å²) in [6.07, 6.45) is 5.90. The van der Waals surface area contributed by atoms with Crippen LogP contribution in [0.1, 0.15) is 45.4 Å². The Morgan fingerprint density at radius 2 is 2.10 bits per heavy atom. The minimum absolute atomic E-state index is 0.0295. The van der Waals surface area contributed by atoms with Gasteiger partial charge in [-0.05, 0) is 32.2 Å². The number of likely N-dealkylation sites (N-methyl/N-ethyl adjacent to an activating group) is 1. The molecule has 2 rings (SSSR count). The Morgan fingerprint density at radius 3 is 2.70 bits per heavy atom. The highest BCUT2D eigenvalue weighted by atomic mass is 19.3. The van der Waals surface area contributed by atoms with Crippen molar-refractivity contribution in [3.8, 4) is 0 Å². The highest BCUT2D eigenvalue weighted by molar-refractivity contribution is 4.98. The van der Waals surface area contributed by atoms with Crippen molar-refractivity contribution in [3.05, 3.63) is 18.2 Å². The van der Waals surface area contributed by atoms with E-state index >= 15 is 0 Å². The van der Waals surface area contributed by atoms with Gasteiger partial charge in [-0.25, -0.2) is 13.8 Å². The van der Waals surface area contributed by atoms with Gasteiger partial charge >= 0.3 is 0 Å². The fraction of sp³-hybridized carbons (Fsp3) is 0.800. The van der Waals surface area contributed by atoms with E-state index in [0.717, 1.165) is 25.3 Å². The van der Waals surface area contributed by atoms with E-state index < -0.39 is 5.92 Å². The second-order valence-electron chi connectivity index (χ2n) is 5.69. The van der Waals surface area contributed by atoms with Crippen LogP contribution in [0.25, 0.3) is 0 Å². The first kappa shape index (κ1) is 15.4. The standard InChI is InChI=1S/C15H25F2N3/c1-3-18-13(11-14-19-9-10-20(14)4-2)12-5-7-15(16,17)8-6-12/h9-10,12-13,18H,3-8,11H2,1-2H3. The van der Waals surface area contributed by atoms with Crippen molar-refractivity contribution in [2.75, 3.05) is 6.54 Å². The van der Waals surface area contributed by atoms with Crippen molar-refractivity contribution in [1.29, 1.82) is 0 Å². The summed E-state index contributed by atoms with van der Waals surface area (Å²) in [6.45, 7) is 5.92. The molecule has 1 N–H and O–H groups in total. The molecule has 0 amide bonds. The zero-order chi connectivity index (χ0) is 14.6. The molecule has 1 aliphatic rings. The number of halogens is 2. The smallest absolute Gasteiger partial charge is 0.248 e. The molecule has 20 heavy (non-hydrogen) atoms. The molecule has 1 aliphatic carbocycles. The molecule has 5 heteroatoms. The van der Waals surface area contributed by atoms with E-state index in [4.69, 9.17) is 0 Å². The van der Waals surface area contributed by atoms with E-state index in [1.165, 1.54) is 0 Å². The van der Waals surface area contributed by atoms with Crippen LogP contribution in [0.3, 0.4) is 0 Å². The Morgan fingerprint density at radius 1 is 1.40 bits per heavy atom. The molecule has 0 saturated heterocycles. The number of aryl methyl sites for hydroxylation is 1.